The smallest absolute Gasteiger partial charge is 0.328 e. The molecule has 30 heavy (non-hydrogen) atoms. The molecule has 0 aliphatic carbocycles. The molecular weight excluding hydrogens is 519 g/mol. The monoisotopic (exact) mass is 542 g/mol. The summed E-state index contributed by atoms with van der Waals surface area (Å²) in [7, 11) is -2.95. The van der Waals surface area contributed by atoms with E-state index in [1.807, 2.05) is 12.1 Å². The maximum Gasteiger partial charge on any atom is 0.328 e. The van der Waals surface area contributed by atoms with Gasteiger partial charge in [0.2, 0.25) is 0 Å². The normalized spacial score (nSPS) is 13.6. The number of ether oxygens (including phenoxy) is 2. The highest BCUT2D eigenvalue weighted by molar-refractivity contribution is 14.1. The Morgan fingerprint density at radius 3 is 2.27 bits per heavy atom. The molecule has 0 spiro atoms. The van der Waals surface area contributed by atoms with Crippen LogP contribution in [0.5, 0.6) is 0 Å². The second-order valence-electron chi connectivity index (χ2n) is 6.55. The van der Waals surface area contributed by atoms with Gasteiger partial charge < -0.3 is 9.47 Å². The number of carbonyl (C=O) groups is 2. The molecule has 0 N–H and O–H groups in total. The van der Waals surface area contributed by atoms with E-state index >= 15 is 0 Å². The van der Waals surface area contributed by atoms with Crippen LogP contribution < -0.4 is 0 Å². The van der Waals surface area contributed by atoms with Gasteiger partial charge in [0.15, 0.2) is 14.6 Å². The van der Waals surface area contributed by atoms with E-state index in [9.17, 15) is 18.0 Å². The van der Waals surface area contributed by atoms with Gasteiger partial charge in [-0.2, -0.15) is 0 Å². The molecule has 2 rings (SSSR count). The molecule has 1 atom stereocenters. The molecular formula is C22H23IO6S. The van der Waals surface area contributed by atoms with Gasteiger partial charge in [-0.25, -0.2) is 8.42 Å². The molecule has 0 aliphatic heterocycles. The zero-order chi connectivity index (χ0) is 22.2. The summed E-state index contributed by atoms with van der Waals surface area (Å²) in [5.41, 5.74) is 0.719. The fourth-order valence-electron chi connectivity index (χ4n) is 3.01. The molecule has 0 radical (unpaired) electrons. The molecule has 0 aromatic heterocycles. The Hall–Kier alpha value is -2.20. The van der Waals surface area contributed by atoms with E-state index in [0.717, 1.165) is 9.13 Å². The first-order valence-corrected chi connectivity index (χ1v) is 11.7. The maximum absolute atomic E-state index is 13.7. The third-order valence-electron chi connectivity index (χ3n) is 4.56. The molecule has 2 aromatic carbocycles. The number of benzene rings is 2. The standard InChI is InChI=1S/C22H23IO6S/c1-17(24)29-15-9-8-14-22(21(25)28-2,16-18-10-6-7-13-20(18)23)30(26,27)19-11-4-3-5-12-19/h3-13H,14-16H2,1-2H3/b9-8-. The minimum Gasteiger partial charge on any atom is -0.468 e. The number of halogens is 1. The number of hydrogen-bond donors (Lipinski definition) is 0. The minimum atomic E-state index is -4.13. The van der Waals surface area contributed by atoms with Gasteiger partial charge in [0, 0.05) is 16.9 Å². The van der Waals surface area contributed by atoms with Gasteiger partial charge in [-0.1, -0.05) is 48.6 Å². The first kappa shape index (κ1) is 24.1. The topological polar surface area (TPSA) is 86.7 Å². The number of esters is 2. The average Bonchev–Trinajstić information content (AvgIpc) is 2.73. The first-order valence-electron chi connectivity index (χ1n) is 9.14. The highest BCUT2D eigenvalue weighted by Gasteiger charge is 2.52. The summed E-state index contributed by atoms with van der Waals surface area (Å²) in [4.78, 5) is 24.0. The van der Waals surface area contributed by atoms with Gasteiger partial charge in [0.05, 0.1) is 12.0 Å². The van der Waals surface area contributed by atoms with Crippen molar-refractivity contribution in [2.24, 2.45) is 0 Å². The third-order valence-corrected chi connectivity index (χ3v) is 8.01. The predicted molar refractivity (Wildman–Crippen MR) is 122 cm³/mol. The van der Waals surface area contributed by atoms with Crippen LogP contribution in [0, 0.1) is 3.57 Å². The van der Waals surface area contributed by atoms with Crippen molar-refractivity contribution in [3.8, 4) is 0 Å². The molecule has 8 heteroatoms. The molecule has 0 aliphatic rings. The van der Waals surface area contributed by atoms with E-state index in [2.05, 4.69) is 22.6 Å². The molecule has 2 aromatic rings. The van der Waals surface area contributed by atoms with E-state index < -0.39 is 26.5 Å². The number of allylic oxidation sites excluding steroid dienone is 1. The van der Waals surface area contributed by atoms with Crippen molar-refractivity contribution in [2.75, 3.05) is 13.7 Å². The van der Waals surface area contributed by atoms with Crippen molar-refractivity contribution in [1.82, 2.24) is 0 Å². The second kappa shape index (κ2) is 10.7. The lowest BCUT2D eigenvalue weighted by molar-refractivity contribution is -0.144. The number of hydrogen-bond acceptors (Lipinski definition) is 6. The predicted octanol–water partition coefficient (Wildman–Crippen LogP) is 3.73. The summed E-state index contributed by atoms with van der Waals surface area (Å²) in [5.74, 6) is -1.29. The Morgan fingerprint density at radius 1 is 1.03 bits per heavy atom. The summed E-state index contributed by atoms with van der Waals surface area (Å²) >= 11 is 2.11. The lowest BCUT2D eigenvalue weighted by Crippen LogP contribution is -2.49. The molecule has 0 fully saturated rings. The minimum absolute atomic E-state index is 0.0131. The van der Waals surface area contributed by atoms with Crippen LogP contribution in [0.1, 0.15) is 18.9 Å². The Balaban J connectivity index is 2.58. The number of carbonyl (C=O) groups excluding carboxylic acids is 2. The van der Waals surface area contributed by atoms with Crippen molar-refractivity contribution in [3.63, 3.8) is 0 Å². The van der Waals surface area contributed by atoms with Gasteiger partial charge in [-0.3, -0.25) is 9.59 Å². The summed E-state index contributed by atoms with van der Waals surface area (Å²) in [5, 5.41) is 0. The van der Waals surface area contributed by atoms with Crippen molar-refractivity contribution >= 4 is 44.4 Å². The summed E-state index contributed by atoms with van der Waals surface area (Å²) in [6.07, 6.45) is 2.86. The Morgan fingerprint density at radius 2 is 1.67 bits per heavy atom. The lowest BCUT2D eigenvalue weighted by atomic mass is 9.94. The highest BCUT2D eigenvalue weighted by atomic mass is 127. The summed E-state index contributed by atoms with van der Waals surface area (Å²) < 4.78 is 36.3. The fourth-order valence-corrected chi connectivity index (χ4v) is 5.52. The summed E-state index contributed by atoms with van der Waals surface area (Å²) in [6, 6.07) is 15.1. The van der Waals surface area contributed by atoms with Crippen LogP contribution in [0.15, 0.2) is 71.6 Å². The van der Waals surface area contributed by atoms with Crippen LogP contribution in [0.25, 0.3) is 0 Å². The molecule has 160 valence electrons. The molecule has 0 amide bonds. The van der Waals surface area contributed by atoms with E-state index in [0.29, 0.717) is 0 Å². The van der Waals surface area contributed by atoms with Crippen molar-refractivity contribution in [3.05, 3.63) is 75.9 Å². The number of rotatable bonds is 9. The van der Waals surface area contributed by atoms with E-state index in [1.165, 1.54) is 38.3 Å². The lowest BCUT2D eigenvalue weighted by Gasteiger charge is -2.30. The van der Waals surface area contributed by atoms with Crippen molar-refractivity contribution < 1.29 is 27.5 Å². The van der Waals surface area contributed by atoms with Crippen molar-refractivity contribution in [1.29, 1.82) is 0 Å². The van der Waals surface area contributed by atoms with Crippen molar-refractivity contribution in [2.45, 2.75) is 29.4 Å². The Bertz CT molecular complexity index is 1020. The van der Waals surface area contributed by atoms with Crippen LogP contribution in [0.2, 0.25) is 0 Å². The van der Waals surface area contributed by atoms with E-state index in [1.54, 1.807) is 30.3 Å². The molecule has 6 nitrogen and oxygen atoms in total. The largest absolute Gasteiger partial charge is 0.468 e. The number of sulfone groups is 1. The third kappa shape index (κ3) is 5.48. The number of methoxy groups -OCH3 is 1. The second-order valence-corrected chi connectivity index (χ2v) is 9.97. The quantitative estimate of drug-likeness (QED) is 0.273. The molecule has 0 bridgehead atoms. The van der Waals surface area contributed by atoms with Gasteiger partial charge >= 0.3 is 11.9 Å². The maximum atomic E-state index is 13.7. The fraction of sp³-hybridized carbons (Fsp3) is 0.273. The first-order chi connectivity index (χ1) is 14.2. The molecule has 0 saturated carbocycles. The highest BCUT2D eigenvalue weighted by Crippen LogP contribution is 2.35. The SMILES string of the molecule is COC(=O)C(C/C=C\COC(C)=O)(Cc1ccccc1I)S(=O)(=O)c1ccccc1. The van der Waals surface area contributed by atoms with Crippen LogP contribution in [0.3, 0.4) is 0 Å². The van der Waals surface area contributed by atoms with Crippen LogP contribution in [-0.4, -0.2) is 38.8 Å². The molecule has 1 unspecified atom stereocenters. The van der Waals surface area contributed by atoms with Crippen LogP contribution in [-0.2, 0) is 35.3 Å². The molecule has 0 saturated heterocycles. The molecule has 0 heterocycles. The van der Waals surface area contributed by atoms with E-state index in [4.69, 9.17) is 9.47 Å². The van der Waals surface area contributed by atoms with Gasteiger partial charge in [-0.05, 0) is 52.8 Å². The average molecular weight is 542 g/mol. The van der Waals surface area contributed by atoms with Crippen LogP contribution >= 0.6 is 22.6 Å². The Kier molecular flexibility index (Phi) is 8.60. The Labute approximate surface area is 190 Å². The van der Waals surface area contributed by atoms with E-state index in [-0.39, 0.29) is 24.3 Å². The van der Waals surface area contributed by atoms with Crippen LogP contribution in [0.4, 0.5) is 0 Å². The zero-order valence-electron chi connectivity index (χ0n) is 16.7. The zero-order valence-corrected chi connectivity index (χ0v) is 19.7. The summed E-state index contributed by atoms with van der Waals surface area (Å²) in [6.45, 7) is 1.27. The van der Waals surface area contributed by atoms with Gasteiger partial charge in [0.25, 0.3) is 0 Å². The van der Waals surface area contributed by atoms with Gasteiger partial charge in [0.1, 0.15) is 6.61 Å². The van der Waals surface area contributed by atoms with Gasteiger partial charge in [-0.15, -0.1) is 0 Å².